The molecule has 8 heteroatoms. The molecule has 4 rings (SSSR count). The molecule has 3 N–H and O–H groups in total. The van der Waals surface area contributed by atoms with Gasteiger partial charge in [0.1, 0.15) is 5.82 Å². The van der Waals surface area contributed by atoms with Crippen LogP contribution in [0.2, 0.25) is 0 Å². The van der Waals surface area contributed by atoms with Crippen LogP contribution in [0.3, 0.4) is 0 Å². The Kier molecular flexibility index (Phi) is 4.94. The van der Waals surface area contributed by atoms with Crippen LogP contribution in [-0.4, -0.2) is 43.7 Å². The zero-order chi connectivity index (χ0) is 19.3. The first-order valence-corrected chi connectivity index (χ1v) is 8.76. The number of hydrogen-bond acceptors (Lipinski definition) is 6. The van der Waals surface area contributed by atoms with Gasteiger partial charge >= 0.3 is 0 Å². The van der Waals surface area contributed by atoms with Crippen molar-refractivity contribution in [2.45, 2.75) is 0 Å². The zero-order valence-electron chi connectivity index (χ0n) is 14.9. The van der Waals surface area contributed by atoms with Gasteiger partial charge in [-0.2, -0.15) is 5.10 Å². The molecule has 0 aliphatic carbocycles. The number of aliphatic hydroxyl groups excluding tert-OH is 1. The molecule has 140 valence electrons. The van der Waals surface area contributed by atoms with Crippen molar-refractivity contribution in [1.29, 1.82) is 0 Å². The number of carbonyl (C=O) groups excluding carboxylic acids is 1. The summed E-state index contributed by atoms with van der Waals surface area (Å²) in [6.45, 7) is 0.0647. The molecule has 0 saturated heterocycles. The topological polar surface area (TPSA) is 104 Å². The average molecular weight is 374 g/mol. The van der Waals surface area contributed by atoms with E-state index in [2.05, 4.69) is 25.7 Å². The molecule has 0 aliphatic heterocycles. The Morgan fingerprint density at radius 3 is 2.86 bits per heavy atom. The maximum Gasteiger partial charge on any atom is 0.255 e. The Morgan fingerprint density at radius 1 is 1.11 bits per heavy atom. The molecule has 0 spiro atoms. The number of aromatic nitrogens is 4. The number of fused-ring (bicyclic) bond motifs is 1. The summed E-state index contributed by atoms with van der Waals surface area (Å²) in [6, 6.07) is 14.8. The monoisotopic (exact) mass is 374 g/mol. The highest BCUT2D eigenvalue weighted by molar-refractivity contribution is 5.99. The Balaban J connectivity index is 1.62. The number of carbonyl (C=O) groups is 1. The van der Waals surface area contributed by atoms with E-state index in [1.807, 2.05) is 42.6 Å². The molecule has 0 unspecified atom stereocenters. The van der Waals surface area contributed by atoms with Gasteiger partial charge in [0.25, 0.3) is 5.91 Å². The fourth-order valence-corrected chi connectivity index (χ4v) is 2.82. The Bertz CT molecular complexity index is 1090. The summed E-state index contributed by atoms with van der Waals surface area (Å²) in [5.74, 6) is 0.138. The third-order valence-electron chi connectivity index (χ3n) is 4.11. The number of rotatable bonds is 6. The quantitative estimate of drug-likeness (QED) is 0.478. The van der Waals surface area contributed by atoms with Gasteiger partial charge < -0.3 is 15.7 Å². The van der Waals surface area contributed by atoms with Crippen molar-refractivity contribution in [3.8, 4) is 11.3 Å². The first-order valence-electron chi connectivity index (χ1n) is 8.76. The Hall–Kier alpha value is -3.78. The predicted octanol–water partition coefficient (Wildman–Crippen LogP) is 2.26. The molecule has 28 heavy (non-hydrogen) atoms. The molecule has 0 saturated carbocycles. The summed E-state index contributed by atoms with van der Waals surface area (Å²) in [4.78, 5) is 21.1. The second kappa shape index (κ2) is 7.85. The van der Waals surface area contributed by atoms with Gasteiger partial charge in [0.05, 0.1) is 24.1 Å². The second-order valence-electron chi connectivity index (χ2n) is 6.04. The summed E-state index contributed by atoms with van der Waals surface area (Å²) in [7, 11) is 0. The standard InChI is InChI=1S/C20H18N6O2/c27-11-10-22-20(28)16-6-2-8-21-19(16)24-15-5-1-4-14(12-15)17-13-26-18(25-17)7-3-9-23-26/h1-9,12-13,27H,10-11H2,(H,21,24)(H,22,28). The number of amides is 1. The summed E-state index contributed by atoms with van der Waals surface area (Å²) < 4.78 is 1.72. The summed E-state index contributed by atoms with van der Waals surface area (Å²) in [5, 5.41) is 19.0. The molecule has 3 aromatic heterocycles. The van der Waals surface area contributed by atoms with Crippen LogP contribution in [0.1, 0.15) is 10.4 Å². The van der Waals surface area contributed by atoms with Crippen molar-refractivity contribution in [1.82, 2.24) is 24.9 Å². The van der Waals surface area contributed by atoms with Crippen molar-refractivity contribution in [2.75, 3.05) is 18.5 Å². The molecule has 1 aromatic carbocycles. The van der Waals surface area contributed by atoms with Crippen LogP contribution < -0.4 is 10.6 Å². The van der Waals surface area contributed by atoms with Gasteiger partial charge in [0.2, 0.25) is 0 Å². The van der Waals surface area contributed by atoms with E-state index in [1.165, 1.54) is 0 Å². The highest BCUT2D eigenvalue weighted by Crippen LogP contribution is 2.25. The number of aliphatic hydroxyl groups is 1. The van der Waals surface area contributed by atoms with E-state index in [-0.39, 0.29) is 19.1 Å². The number of pyridine rings is 1. The molecule has 0 bridgehead atoms. The number of anilines is 2. The molecular weight excluding hydrogens is 356 g/mol. The maximum atomic E-state index is 12.3. The van der Waals surface area contributed by atoms with E-state index in [9.17, 15) is 4.79 Å². The van der Waals surface area contributed by atoms with Crippen LogP contribution in [0.25, 0.3) is 16.9 Å². The highest BCUT2D eigenvalue weighted by atomic mass is 16.3. The largest absolute Gasteiger partial charge is 0.395 e. The van der Waals surface area contributed by atoms with Crippen LogP contribution in [0.15, 0.2) is 67.1 Å². The third-order valence-corrected chi connectivity index (χ3v) is 4.11. The molecule has 0 radical (unpaired) electrons. The number of benzene rings is 1. The lowest BCUT2D eigenvalue weighted by Gasteiger charge is -2.11. The zero-order valence-corrected chi connectivity index (χ0v) is 14.9. The lowest BCUT2D eigenvalue weighted by atomic mass is 10.1. The molecule has 0 aliphatic rings. The SMILES string of the molecule is O=C(NCCO)c1cccnc1Nc1cccc(-c2cn3ncccc3n2)c1. The smallest absolute Gasteiger partial charge is 0.255 e. The lowest BCUT2D eigenvalue weighted by molar-refractivity contribution is 0.0945. The summed E-state index contributed by atoms with van der Waals surface area (Å²) >= 11 is 0. The van der Waals surface area contributed by atoms with E-state index in [0.717, 1.165) is 22.6 Å². The summed E-state index contributed by atoms with van der Waals surface area (Å²) in [5.41, 5.74) is 3.65. The van der Waals surface area contributed by atoms with E-state index in [4.69, 9.17) is 5.11 Å². The van der Waals surface area contributed by atoms with Crippen molar-refractivity contribution < 1.29 is 9.90 Å². The van der Waals surface area contributed by atoms with Gasteiger partial charge in [-0.15, -0.1) is 0 Å². The van der Waals surface area contributed by atoms with Crippen LogP contribution in [0.5, 0.6) is 0 Å². The molecule has 0 fully saturated rings. The Morgan fingerprint density at radius 2 is 2.00 bits per heavy atom. The van der Waals surface area contributed by atoms with E-state index < -0.39 is 0 Å². The Labute approximate surface area is 160 Å². The van der Waals surface area contributed by atoms with Crippen molar-refractivity contribution in [3.05, 3.63) is 72.7 Å². The molecular formula is C20H18N6O2. The van der Waals surface area contributed by atoms with Gasteiger partial charge in [-0.3, -0.25) is 4.79 Å². The van der Waals surface area contributed by atoms with Crippen LogP contribution in [0.4, 0.5) is 11.5 Å². The van der Waals surface area contributed by atoms with E-state index >= 15 is 0 Å². The highest BCUT2D eigenvalue weighted by Gasteiger charge is 2.12. The van der Waals surface area contributed by atoms with Crippen LogP contribution in [0, 0.1) is 0 Å². The van der Waals surface area contributed by atoms with Crippen LogP contribution in [-0.2, 0) is 0 Å². The normalized spacial score (nSPS) is 10.8. The molecule has 0 atom stereocenters. The van der Waals surface area contributed by atoms with Gasteiger partial charge in [-0.1, -0.05) is 12.1 Å². The van der Waals surface area contributed by atoms with Gasteiger partial charge in [0.15, 0.2) is 5.65 Å². The van der Waals surface area contributed by atoms with E-state index in [1.54, 1.807) is 29.0 Å². The minimum Gasteiger partial charge on any atom is -0.395 e. The van der Waals surface area contributed by atoms with Crippen molar-refractivity contribution in [3.63, 3.8) is 0 Å². The fourth-order valence-electron chi connectivity index (χ4n) is 2.82. The summed E-state index contributed by atoms with van der Waals surface area (Å²) in [6.07, 6.45) is 5.19. The predicted molar refractivity (Wildman–Crippen MR) is 105 cm³/mol. The third kappa shape index (κ3) is 3.67. The molecule has 4 aromatic rings. The lowest BCUT2D eigenvalue weighted by Crippen LogP contribution is -2.27. The first-order chi connectivity index (χ1) is 13.7. The fraction of sp³-hybridized carbons (Fsp3) is 0.100. The minimum absolute atomic E-state index is 0.120. The maximum absolute atomic E-state index is 12.3. The minimum atomic E-state index is -0.299. The first kappa shape index (κ1) is 17.6. The molecule has 8 nitrogen and oxygen atoms in total. The van der Waals surface area contributed by atoms with Crippen molar-refractivity contribution in [2.24, 2.45) is 0 Å². The van der Waals surface area contributed by atoms with Crippen LogP contribution >= 0.6 is 0 Å². The molecule has 1 amide bonds. The van der Waals surface area contributed by atoms with Gasteiger partial charge in [0, 0.05) is 30.2 Å². The number of hydrogen-bond donors (Lipinski definition) is 3. The van der Waals surface area contributed by atoms with Gasteiger partial charge in [-0.05, 0) is 36.4 Å². The van der Waals surface area contributed by atoms with Gasteiger partial charge in [-0.25, -0.2) is 14.5 Å². The number of nitrogens with zero attached hydrogens (tertiary/aromatic N) is 4. The molecule has 3 heterocycles. The second-order valence-corrected chi connectivity index (χ2v) is 6.04. The average Bonchev–Trinajstić information content (AvgIpc) is 3.17. The van der Waals surface area contributed by atoms with E-state index in [0.29, 0.717) is 11.4 Å². The number of nitrogens with one attached hydrogen (secondary N) is 2. The number of imidazole rings is 1. The van der Waals surface area contributed by atoms with Crippen molar-refractivity contribution >= 4 is 23.1 Å².